The maximum absolute atomic E-state index is 13.6. The third-order valence-corrected chi connectivity index (χ3v) is 8.38. The Morgan fingerprint density at radius 3 is 2.20 bits per heavy atom. The fourth-order valence-corrected chi connectivity index (χ4v) is 6.51. The third kappa shape index (κ3) is 7.25. The number of piperazine rings is 2. The zero-order valence-electron chi connectivity index (χ0n) is 24.5. The predicted octanol–water partition coefficient (Wildman–Crippen LogP) is 4.69. The highest BCUT2D eigenvalue weighted by molar-refractivity contribution is 5.85. The van der Waals surface area contributed by atoms with Crippen molar-refractivity contribution in [2.75, 3.05) is 39.8 Å². The Labute approximate surface area is 271 Å². The van der Waals surface area contributed by atoms with Gasteiger partial charge in [0.1, 0.15) is 5.75 Å². The minimum absolute atomic E-state index is 0. The van der Waals surface area contributed by atoms with E-state index in [1.807, 2.05) is 17.0 Å². The van der Waals surface area contributed by atoms with Crippen molar-refractivity contribution in [1.82, 2.24) is 34.9 Å². The summed E-state index contributed by atoms with van der Waals surface area (Å²) in [5, 5.41) is 10.1. The van der Waals surface area contributed by atoms with Crippen LogP contribution in [0.5, 0.6) is 5.75 Å². The number of nitrogens with zero attached hydrogens (tertiary/aromatic N) is 7. The summed E-state index contributed by atoms with van der Waals surface area (Å²) in [6.07, 6.45) is -3.80. The van der Waals surface area contributed by atoms with Crippen LogP contribution in [0.15, 0.2) is 78.9 Å². The molecule has 2 aliphatic heterocycles. The molecule has 4 aromatic rings. The van der Waals surface area contributed by atoms with E-state index in [0.717, 1.165) is 18.5 Å². The molecule has 1 aromatic heterocycles. The summed E-state index contributed by atoms with van der Waals surface area (Å²) < 4.78 is 47.1. The van der Waals surface area contributed by atoms with E-state index in [1.165, 1.54) is 17.2 Å². The van der Waals surface area contributed by atoms with Crippen LogP contribution < -0.4 is 4.74 Å². The van der Waals surface area contributed by atoms with Crippen LogP contribution in [0.4, 0.5) is 13.2 Å². The van der Waals surface area contributed by atoms with Gasteiger partial charge in [-0.15, -0.1) is 29.9 Å². The average Bonchev–Trinajstić information content (AvgIpc) is 3.53. The molecule has 1 amide bonds. The molecule has 240 valence electrons. The molecular weight excluding hydrogens is 630 g/mol. The fraction of sp³-hybridized carbons (Fsp3) is 0.355. The number of amides is 1. The van der Waals surface area contributed by atoms with E-state index in [9.17, 15) is 18.0 Å². The lowest BCUT2D eigenvalue weighted by Gasteiger charge is -2.53. The number of tetrazole rings is 1. The van der Waals surface area contributed by atoms with Gasteiger partial charge in [-0.05, 0) is 39.8 Å². The second-order valence-electron chi connectivity index (χ2n) is 11.0. The van der Waals surface area contributed by atoms with Crippen molar-refractivity contribution in [3.05, 3.63) is 101 Å². The first kappa shape index (κ1) is 34.2. The van der Waals surface area contributed by atoms with Gasteiger partial charge in [0.05, 0.1) is 12.8 Å². The lowest BCUT2D eigenvalue weighted by Crippen LogP contribution is -2.66. The Balaban J connectivity index is 0.00000230. The molecule has 0 spiro atoms. The molecule has 0 bridgehead atoms. The molecule has 6 rings (SSSR count). The second kappa shape index (κ2) is 14.6. The largest absolute Gasteiger partial charge is 0.496 e. The molecule has 0 aliphatic carbocycles. The minimum Gasteiger partial charge on any atom is -0.496 e. The highest BCUT2D eigenvalue weighted by Crippen LogP contribution is 2.37. The number of rotatable bonds is 8. The van der Waals surface area contributed by atoms with Crippen molar-refractivity contribution in [3.63, 3.8) is 0 Å². The van der Waals surface area contributed by atoms with Crippen molar-refractivity contribution < 1.29 is 22.7 Å². The van der Waals surface area contributed by atoms with Gasteiger partial charge in [0.2, 0.25) is 6.41 Å². The van der Waals surface area contributed by atoms with E-state index < -0.39 is 12.0 Å². The molecule has 0 unspecified atom stereocenters. The minimum atomic E-state index is -4.71. The van der Waals surface area contributed by atoms with Gasteiger partial charge in [0.15, 0.2) is 0 Å². The predicted molar refractivity (Wildman–Crippen MR) is 167 cm³/mol. The monoisotopic (exact) mass is 663 g/mol. The smallest absolute Gasteiger partial charge is 0.453 e. The highest BCUT2D eigenvalue weighted by Gasteiger charge is 2.42. The van der Waals surface area contributed by atoms with Gasteiger partial charge in [0.25, 0.3) is 5.82 Å². The van der Waals surface area contributed by atoms with Crippen LogP contribution in [0.25, 0.3) is 5.69 Å². The number of aromatic nitrogens is 4. The molecule has 2 aliphatic rings. The molecule has 3 heterocycles. The summed E-state index contributed by atoms with van der Waals surface area (Å²) in [5.74, 6) is -0.563. The number of carbonyl (C=O) groups is 1. The van der Waals surface area contributed by atoms with E-state index in [-0.39, 0.29) is 48.5 Å². The third-order valence-electron chi connectivity index (χ3n) is 8.38. The van der Waals surface area contributed by atoms with Gasteiger partial charge in [-0.3, -0.25) is 14.6 Å². The number of hydrogen-bond acceptors (Lipinski definition) is 7. The van der Waals surface area contributed by atoms with Gasteiger partial charge in [-0.1, -0.05) is 60.7 Å². The van der Waals surface area contributed by atoms with E-state index in [1.54, 1.807) is 19.2 Å². The Kier molecular flexibility index (Phi) is 11.1. The normalized spacial score (nSPS) is 18.9. The first-order valence-electron chi connectivity index (χ1n) is 14.2. The number of carbonyl (C=O) groups excluding carboxylic acids is 1. The number of benzene rings is 3. The van der Waals surface area contributed by atoms with Crippen molar-refractivity contribution in [2.24, 2.45) is 0 Å². The summed E-state index contributed by atoms with van der Waals surface area (Å²) in [5.41, 5.74) is 3.32. The molecule has 0 radical (unpaired) electrons. The molecule has 2 saturated heterocycles. The fourth-order valence-electron chi connectivity index (χ4n) is 6.51. The molecule has 45 heavy (non-hydrogen) atoms. The molecule has 0 N–H and O–H groups in total. The Hall–Kier alpha value is -3.71. The highest BCUT2D eigenvalue weighted by atomic mass is 35.5. The molecule has 2 atom stereocenters. The van der Waals surface area contributed by atoms with Gasteiger partial charge in [-0.25, -0.2) is 0 Å². The molecule has 0 saturated carbocycles. The van der Waals surface area contributed by atoms with Gasteiger partial charge < -0.3 is 9.64 Å². The van der Waals surface area contributed by atoms with Crippen LogP contribution >= 0.6 is 24.8 Å². The summed E-state index contributed by atoms with van der Waals surface area (Å²) >= 11 is 0. The number of methoxy groups -OCH3 is 1. The molecule has 3 aromatic carbocycles. The molecule has 9 nitrogen and oxygen atoms in total. The Morgan fingerprint density at radius 2 is 1.60 bits per heavy atom. The van der Waals surface area contributed by atoms with Crippen LogP contribution in [0.2, 0.25) is 0 Å². The molecular formula is C31H34Cl2F3N7O2. The Morgan fingerprint density at radius 1 is 0.933 bits per heavy atom. The lowest BCUT2D eigenvalue weighted by molar-refractivity contribution is -0.146. The van der Waals surface area contributed by atoms with Crippen LogP contribution in [0.3, 0.4) is 0 Å². The topological polar surface area (TPSA) is 79.6 Å². The van der Waals surface area contributed by atoms with Gasteiger partial charge in [0, 0.05) is 62.8 Å². The van der Waals surface area contributed by atoms with E-state index in [0.29, 0.717) is 43.2 Å². The molecule has 2 fully saturated rings. The first-order chi connectivity index (χ1) is 20.9. The van der Waals surface area contributed by atoms with Gasteiger partial charge in [-0.2, -0.15) is 17.9 Å². The first-order valence-corrected chi connectivity index (χ1v) is 14.2. The SMILES string of the molecule is COc1ccc(-n2nnnc2C(F)(F)F)cc1CN1C[C@@H]2CN(C=O)CCN2[C@H](C(c2ccccc2)c2ccccc2)C1.Cl.Cl. The van der Waals surface area contributed by atoms with Crippen molar-refractivity contribution in [1.29, 1.82) is 0 Å². The lowest BCUT2D eigenvalue weighted by atomic mass is 9.81. The molecule has 14 heteroatoms. The summed E-state index contributed by atoms with van der Waals surface area (Å²) in [6, 6.07) is 25.8. The summed E-state index contributed by atoms with van der Waals surface area (Å²) in [4.78, 5) is 18.4. The number of ether oxygens (including phenoxy) is 1. The van der Waals surface area contributed by atoms with E-state index in [4.69, 9.17) is 4.74 Å². The zero-order chi connectivity index (χ0) is 30.0. The zero-order valence-corrected chi connectivity index (χ0v) is 26.1. The summed E-state index contributed by atoms with van der Waals surface area (Å²) in [7, 11) is 1.54. The van der Waals surface area contributed by atoms with Crippen molar-refractivity contribution >= 4 is 31.2 Å². The maximum atomic E-state index is 13.6. The van der Waals surface area contributed by atoms with Gasteiger partial charge >= 0.3 is 6.18 Å². The number of fused-ring (bicyclic) bond motifs is 1. The van der Waals surface area contributed by atoms with Crippen LogP contribution in [0, 0.1) is 0 Å². The van der Waals surface area contributed by atoms with E-state index >= 15 is 0 Å². The maximum Gasteiger partial charge on any atom is 0.453 e. The van der Waals surface area contributed by atoms with Crippen molar-refractivity contribution in [2.45, 2.75) is 30.7 Å². The summed E-state index contributed by atoms with van der Waals surface area (Å²) in [6.45, 7) is 3.84. The average molecular weight is 665 g/mol. The Bertz CT molecular complexity index is 1510. The number of halogens is 5. The standard InChI is InChI=1S/C31H32F3N7O2.2ClH/c1-43-28-13-12-25(41-30(31(32,33)34)35-36-37-41)16-24(28)17-39-19-26-18-38(21-42)14-15-40(26)27(20-39)29(22-8-4-2-5-9-22)23-10-6-3-7-11-23;;/h2-13,16,21,26-27,29H,14-15,17-20H2,1H3;2*1H/t26-,27-;;/m0../s1. The quantitative estimate of drug-likeness (QED) is 0.253. The van der Waals surface area contributed by atoms with Crippen molar-refractivity contribution in [3.8, 4) is 11.4 Å². The van der Waals surface area contributed by atoms with E-state index in [2.05, 4.69) is 73.9 Å². The number of hydrogen-bond donors (Lipinski definition) is 0. The van der Waals surface area contributed by atoms with Crippen LogP contribution in [-0.4, -0.2) is 93.2 Å². The second-order valence-corrected chi connectivity index (χ2v) is 11.0. The van der Waals surface area contributed by atoms with Crippen LogP contribution in [-0.2, 0) is 17.5 Å². The number of alkyl halides is 3. The van der Waals surface area contributed by atoms with Crippen LogP contribution in [0.1, 0.15) is 28.4 Å².